The van der Waals surface area contributed by atoms with E-state index >= 15 is 0 Å². The van der Waals surface area contributed by atoms with Crippen LogP contribution in [0.15, 0.2) is 67.0 Å². The molecular formula is C21H15F2N3O. The highest BCUT2D eigenvalue weighted by Crippen LogP contribution is 2.30. The molecule has 1 N–H and O–H groups in total. The van der Waals surface area contributed by atoms with Crippen LogP contribution in [0.1, 0.15) is 6.92 Å². The van der Waals surface area contributed by atoms with E-state index in [4.69, 9.17) is 0 Å². The van der Waals surface area contributed by atoms with Gasteiger partial charge in [-0.1, -0.05) is 12.1 Å². The zero-order valence-electron chi connectivity index (χ0n) is 14.4. The minimum Gasteiger partial charge on any atom is -0.326 e. The Morgan fingerprint density at radius 3 is 2.63 bits per heavy atom. The van der Waals surface area contributed by atoms with Gasteiger partial charge in [0.25, 0.3) is 0 Å². The van der Waals surface area contributed by atoms with Crippen molar-refractivity contribution in [3.63, 3.8) is 0 Å². The van der Waals surface area contributed by atoms with E-state index in [1.807, 2.05) is 28.8 Å². The quantitative estimate of drug-likeness (QED) is 0.561. The maximum atomic E-state index is 14.3. The van der Waals surface area contributed by atoms with Crippen LogP contribution in [-0.4, -0.2) is 15.5 Å². The van der Waals surface area contributed by atoms with Crippen LogP contribution < -0.4 is 5.32 Å². The van der Waals surface area contributed by atoms with E-state index in [0.717, 1.165) is 17.1 Å². The molecule has 0 bridgehead atoms. The first-order valence-corrected chi connectivity index (χ1v) is 8.32. The summed E-state index contributed by atoms with van der Waals surface area (Å²) in [5.74, 6) is -1.56. The summed E-state index contributed by atoms with van der Waals surface area (Å²) in [7, 11) is 0. The number of amides is 1. The molecule has 0 spiro atoms. The Balaban J connectivity index is 1.92. The standard InChI is InChI=1S/C21H15F2N3O/c1-13(27)25-16-8-14(18-7-6-15(22)10-19(18)23)9-17(11-16)26-12-24-20-4-2-3-5-21(20)26/h2-12H,1H3,(H,25,27). The molecule has 4 nitrogen and oxygen atoms in total. The third-order valence-corrected chi connectivity index (χ3v) is 4.21. The molecule has 0 radical (unpaired) electrons. The van der Waals surface area contributed by atoms with Gasteiger partial charge in [-0.15, -0.1) is 0 Å². The first kappa shape index (κ1) is 16.9. The molecule has 0 aliphatic heterocycles. The van der Waals surface area contributed by atoms with Crippen molar-refractivity contribution in [2.24, 2.45) is 0 Å². The maximum Gasteiger partial charge on any atom is 0.221 e. The number of halogens is 2. The number of nitrogens with zero attached hydrogens (tertiary/aromatic N) is 2. The fourth-order valence-electron chi connectivity index (χ4n) is 3.07. The molecule has 0 atom stereocenters. The van der Waals surface area contributed by atoms with Gasteiger partial charge in [0.2, 0.25) is 5.91 Å². The number of hydrogen-bond donors (Lipinski definition) is 1. The number of fused-ring (bicyclic) bond motifs is 1. The number of para-hydroxylation sites is 2. The number of hydrogen-bond acceptors (Lipinski definition) is 2. The van der Waals surface area contributed by atoms with E-state index in [2.05, 4.69) is 10.3 Å². The van der Waals surface area contributed by atoms with Gasteiger partial charge in [0.05, 0.1) is 11.0 Å². The minimum absolute atomic E-state index is 0.242. The normalized spacial score (nSPS) is 10.9. The van der Waals surface area contributed by atoms with E-state index in [-0.39, 0.29) is 11.5 Å². The van der Waals surface area contributed by atoms with Gasteiger partial charge in [-0.2, -0.15) is 0 Å². The van der Waals surface area contributed by atoms with Crippen molar-refractivity contribution < 1.29 is 13.6 Å². The molecule has 4 aromatic rings. The number of rotatable bonds is 3. The lowest BCUT2D eigenvalue weighted by Gasteiger charge is -2.12. The van der Waals surface area contributed by atoms with Crippen molar-refractivity contribution in [2.75, 3.05) is 5.32 Å². The predicted octanol–water partition coefficient (Wildman–Crippen LogP) is 4.93. The molecule has 0 fully saturated rings. The number of anilines is 1. The van der Waals surface area contributed by atoms with Crippen LogP contribution in [0.3, 0.4) is 0 Å². The second-order valence-electron chi connectivity index (χ2n) is 6.18. The van der Waals surface area contributed by atoms with Crippen molar-refractivity contribution in [3.05, 3.63) is 78.6 Å². The van der Waals surface area contributed by atoms with Crippen LogP contribution in [0.2, 0.25) is 0 Å². The molecule has 1 amide bonds. The van der Waals surface area contributed by atoms with Gasteiger partial charge in [-0.25, -0.2) is 13.8 Å². The predicted molar refractivity (Wildman–Crippen MR) is 101 cm³/mol. The van der Waals surface area contributed by atoms with Crippen LogP contribution in [0.5, 0.6) is 0 Å². The molecule has 6 heteroatoms. The van der Waals surface area contributed by atoms with Crippen LogP contribution in [-0.2, 0) is 4.79 Å². The third kappa shape index (κ3) is 3.29. The Hall–Kier alpha value is -3.54. The number of imidazole rings is 1. The Morgan fingerprint density at radius 2 is 1.85 bits per heavy atom. The topological polar surface area (TPSA) is 46.9 Å². The van der Waals surface area contributed by atoms with Gasteiger partial charge in [0.1, 0.15) is 18.0 Å². The van der Waals surface area contributed by atoms with Crippen molar-refractivity contribution >= 4 is 22.6 Å². The molecule has 0 saturated heterocycles. The highest BCUT2D eigenvalue weighted by atomic mass is 19.1. The molecule has 1 aromatic heterocycles. The van der Waals surface area contributed by atoms with Gasteiger partial charge in [0.15, 0.2) is 0 Å². The third-order valence-electron chi connectivity index (χ3n) is 4.21. The molecule has 4 rings (SSSR count). The largest absolute Gasteiger partial charge is 0.326 e. The Morgan fingerprint density at radius 1 is 1.04 bits per heavy atom. The van der Waals surface area contributed by atoms with Gasteiger partial charge >= 0.3 is 0 Å². The molecule has 0 aliphatic rings. The van der Waals surface area contributed by atoms with Gasteiger partial charge in [0, 0.05) is 29.9 Å². The van der Waals surface area contributed by atoms with Gasteiger partial charge in [-0.3, -0.25) is 9.36 Å². The molecular weight excluding hydrogens is 348 g/mol. The summed E-state index contributed by atoms with van der Waals surface area (Å²) in [5.41, 5.74) is 3.67. The summed E-state index contributed by atoms with van der Waals surface area (Å²) in [6, 6.07) is 16.2. The first-order valence-electron chi connectivity index (χ1n) is 8.32. The van der Waals surface area contributed by atoms with E-state index < -0.39 is 11.6 Å². The van der Waals surface area contributed by atoms with E-state index in [0.29, 0.717) is 16.9 Å². The molecule has 0 aliphatic carbocycles. The lowest BCUT2D eigenvalue weighted by molar-refractivity contribution is -0.114. The summed E-state index contributed by atoms with van der Waals surface area (Å²) in [4.78, 5) is 15.9. The summed E-state index contributed by atoms with van der Waals surface area (Å²) in [6.45, 7) is 1.40. The smallest absolute Gasteiger partial charge is 0.221 e. The maximum absolute atomic E-state index is 14.3. The van der Waals surface area contributed by atoms with Gasteiger partial charge < -0.3 is 5.32 Å². The number of carbonyl (C=O) groups excluding carboxylic acids is 1. The number of benzene rings is 3. The first-order chi connectivity index (χ1) is 13.0. The van der Waals surface area contributed by atoms with Crippen LogP contribution in [0, 0.1) is 11.6 Å². The van der Waals surface area contributed by atoms with Crippen molar-refractivity contribution in [1.29, 1.82) is 0 Å². The molecule has 134 valence electrons. The molecule has 3 aromatic carbocycles. The van der Waals surface area contributed by atoms with Crippen LogP contribution in [0.4, 0.5) is 14.5 Å². The van der Waals surface area contributed by atoms with E-state index in [1.54, 1.807) is 24.5 Å². The highest BCUT2D eigenvalue weighted by Gasteiger charge is 2.12. The second-order valence-corrected chi connectivity index (χ2v) is 6.18. The fourth-order valence-corrected chi connectivity index (χ4v) is 3.07. The highest BCUT2D eigenvalue weighted by molar-refractivity contribution is 5.90. The summed E-state index contributed by atoms with van der Waals surface area (Å²) in [6.07, 6.45) is 1.67. The van der Waals surface area contributed by atoms with E-state index in [1.165, 1.54) is 19.1 Å². The average Bonchev–Trinajstić information content (AvgIpc) is 3.05. The molecule has 1 heterocycles. The molecule has 0 unspecified atom stereocenters. The lowest BCUT2D eigenvalue weighted by Crippen LogP contribution is -2.07. The SMILES string of the molecule is CC(=O)Nc1cc(-c2ccc(F)cc2F)cc(-n2cnc3ccccc32)c1. The van der Waals surface area contributed by atoms with Crippen molar-refractivity contribution in [1.82, 2.24) is 9.55 Å². The second kappa shape index (κ2) is 6.64. The summed E-state index contributed by atoms with van der Waals surface area (Å²) < 4.78 is 29.4. The minimum atomic E-state index is -0.670. The zero-order valence-corrected chi connectivity index (χ0v) is 14.4. The summed E-state index contributed by atoms with van der Waals surface area (Å²) in [5, 5.41) is 2.73. The van der Waals surface area contributed by atoms with E-state index in [9.17, 15) is 13.6 Å². The average molecular weight is 363 g/mol. The Bertz CT molecular complexity index is 1170. The Labute approximate surface area is 154 Å². The zero-order chi connectivity index (χ0) is 19.0. The van der Waals surface area contributed by atoms with Crippen molar-refractivity contribution in [3.8, 4) is 16.8 Å². The number of nitrogens with one attached hydrogen (secondary N) is 1. The molecule has 27 heavy (non-hydrogen) atoms. The Kier molecular flexibility index (Phi) is 4.16. The molecule has 0 saturated carbocycles. The van der Waals surface area contributed by atoms with Crippen LogP contribution in [0.25, 0.3) is 27.8 Å². The van der Waals surface area contributed by atoms with Gasteiger partial charge in [-0.05, 0) is 48.0 Å². The van der Waals surface area contributed by atoms with Crippen LogP contribution >= 0.6 is 0 Å². The summed E-state index contributed by atoms with van der Waals surface area (Å²) >= 11 is 0. The monoisotopic (exact) mass is 363 g/mol. The fraction of sp³-hybridized carbons (Fsp3) is 0.0476. The lowest BCUT2D eigenvalue weighted by atomic mass is 10.0. The van der Waals surface area contributed by atoms with Crippen molar-refractivity contribution in [2.45, 2.75) is 6.92 Å². The number of carbonyl (C=O) groups is 1. The number of aromatic nitrogens is 2.